The standard InChI is InChI=1S/C29H24ClN3O4/c1-2-16-36-21-14-12-19(13-15-21)32-28(34)24-25(22-17-18-8-6-7-11-23(18)31-27(22)30)33(37-26(24)29(32)35)20-9-4-3-5-10-20/h3-15,17,24-26H,2,16H2,1H3/t24-,25+,26+/m0/s1. The number of aromatic nitrogens is 1. The van der Waals surface area contributed by atoms with Crippen LogP contribution in [-0.4, -0.2) is 29.5 Å². The van der Waals surface area contributed by atoms with Crippen LogP contribution in [-0.2, 0) is 14.4 Å². The zero-order valence-electron chi connectivity index (χ0n) is 20.1. The third-order valence-electron chi connectivity index (χ3n) is 6.72. The second-order valence-electron chi connectivity index (χ2n) is 9.07. The average molecular weight is 514 g/mol. The van der Waals surface area contributed by atoms with Gasteiger partial charge in [0.25, 0.3) is 5.91 Å². The second-order valence-corrected chi connectivity index (χ2v) is 9.43. The highest BCUT2D eigenvalue weighted by Gasteiger charge is 2.60. The van der Waals surface area contributed by atoms with Gasteiger partial charge in [-0.2, -0.15) is 0 Å². The van der Waals surface area contributed by atoms with Crippen LogP contribution in [0.15, 0.2) is 84.9 Å². The topological polar surface area (TPSA) is 72.0 Å². The van der Waals surface area contributed by atoms with Gasteiger partial charge in [0.1, 0.15) is 16.8 Å². The Morgan fingerprint density at radius 3 is 2.41 bits per heavy atom. The van der Waals surface area contributed by atoms with Crippen LogP contribution < -0.4 is 14.7 Å². The van der Waals surface area contributed by atoms with Crippen molar-refractivity contribution in [3.05, 3.63) is 95.6 Å². The third kappa shape index (κ3) is 4.00. The van der Waals surface area contributed by atoms with E-state index in [4.69, 9.17) is 21.2 Å². The Labute approximate surface area is 219 Å². The molecule has 3 heterocycles. The lowest BCUT2D eigenvalue weighted by molar-refractivity contribution is -0.126. The minimum Gasteiger partial charge on any atom is -0.494 e. The van der Waals surface area contributed by atoms with Crippen molar-refractivity contribution in [1.82, 2.24) is 4.98 Å². The number of fused-ring (bicyclic) bond motifs is 2. The van der Waals surface area contributed by atoms with E-state index < -0.39 is 24.0 Å². The number of amides is 2. The van der Waals surface area contributed by atoms with Crippen molar-refractivity contribution in [3.63, 3.8) is 0 Å². The first-order valence-electron chi connectivity index (χ1n) is 12.2. The molecule has 2 fully saturated rings. The van der Waals surface area contributed by atoms with Gasteiger partial charge in [0.2, 0.25) is 5.91 Å². The molecule has 8 heteroatoms. The molecule has 0 radical (unpaired) electrons. The Hall–Kier alpha value is -3.94. The number of ether oxygens (including phenoxy) is 1. The summed E-state index contributed by atoms with van der Waals surface area (Å²) in [5.74, 6) is -0.872. The number of rotatable bonds is 6. The lowest BCUT2D eigenvalue weighted by Gasteiger charge is -2.29. The van der Waals surface area contributed by atoms with E-state index >= 15 is 0 Å². The summed E-state index contributed by atoms with van der Waals surface area (Å²) >= 11 is 6.71. The van der Waals surface area contributed by atoms with Crippen molar-refractivity contribution in [2.24, 2.45) is 5.92 Å². The number of imide groups is 1. The summed E-state index contributed by atoms with van der Waals surface area (Å²) in [5.41, 5.74) is 2.57. The lowest BCUT2D eigenvalue weighted by atomic mass is 9.90. The van der Waals surface area contributed by atoms with E-state index in [1.807, 2.05) is 67.6 Å². The number of pyridine rings is 1. The molecule has 0 saturated carbocycles. The fourth-order valence-electron chi connectivity index (χ4n) is 5.01. The first-order valence-corrected chi connectivity index (χ1v) is 12.6. The molecule has 1 aromatic heterocycles. The average Bonchev–Trinajstić information content (AvgIpc) is 3.43. The first-order chi connectivity index (χ1) is 18.1. The van der Waals surface area contributed by atoms with Crippen LogP contribution in [0.4, 0.5) is 11.4 Å². The summed E-state index contributed by atoms with van der Waals surface area (Å²) in [5, 5.41) is 2.78. The van der Waals surface area contributed by atoms with Gasteiger partial charge in [0.05, 0.1) is 29.5 Å². The fraction of sp³-hybridized carbons (Fsp3) is 0.207. The van der Waals surface area contributed by atoms with Crippen molar-refractivity contribution in [2.45, 2.75) is 25.5 Å². The summed E-state index contributed by atoms with van der Waals surface area (Å²) in [6.45, 7) is 2.62. The molecule has 186 valence electrons. The Bertz CT molecular complexity index is 1480. The summed E-state index contributed by atoms with van der Waals surface area (Å²) in [7, 11) is 0. The Morgan fingerprint density at radius 2 is 1.65 bits per heavy atom. The van der Waals surface area contributed by atoms with Crippen LogP contribution in [0.5, 0.6) is 5.75 Å². The molecule has 3 atom stereocenters. The van der Waals surface area contributed by atoms with Gasteiger partial charge in [-0.25, -0.2) is 14.9 Å². The Kier molecular flexibility index (Phi) is 6.02. The molecular weight excluding hydrogens is 490 g/mol. The molecule has 0 bridgehead atoms. The monoisotopic (exact) mass is 513 g/mol. The molecule has 2 amide bonds. The highest BCUT2D eigenvalue weighted by atomic mass is 35.5. The van der Waals surface area contributed by atoms with Crippen molar-refractivity contribution in [1.29, 1.82) is 0 Å². The number of benzene rings is 3. The van der Waals surface area contributed by atoms with Crippen LogP contribution in [0.25, 0.3) is 10.9 Å². The minimum absolute atomic E-state index is 0.269. The van der Waals surface area contributed by atoms with Crippen LogP contribution in [0, 0.1) is 5.92 Å². The second kappa shape index (κ2) is 9.50. The molecule has 37 heavy (non-hydrogen) atoms. The number of hydroxylamine groups is 1. The van der Waals surface area contributed by atoms with Gasteiger partial charge in [-0.15, -0.1) is 0 Å². The predicted octanol–water partition coefficient (Wildman–Crippen LogP) is 5.73. The number of carbonyl (C=O) groups is 2. The molecule has 0 spiro atoms. The SMILES string of the molecule is CCCOc1ccc(N2C(=O)[C@H]3[C@@H](c4cc5ccccc5nc4Cl)N(c4ccccc4)O[C@H]3C2=O)cc1. The van der Waals surface area contributed by atoms with Crippen molar-refractivity contribution in [3.8, 4) is 5.75 Å². The molecular formula is C29H24ClN3O4. The molecule has 0 unspecified atom stereocenters. The maximum atomic E-state index is 13.9. The highest BCUT2D eigenvalue weighted by Crippen LogP contribution is 2.49. The van der Waals surface area contributed by atoms with E-state index in [9.17, 15) is 9.59 Å². The molecule has 4 aromatic rings. The molecule has 3 aromatic carbocycles. The third-order valence-corrected chi connectivity index (χ3v) is 7.02. The largest absolute Gasteiger partial charge is 0.494 e. The van der Waals surface area contributed by atoms with Gasteiger partial charge >= 0.3 is 0 Å². The van der Waals surface area contributed by atoms with Gasteiger partial charge in [-0.1, -0.05) is 54.9 Å². The van der Waals surface area contributed by atoms with E-state index in [1.165, 1.54) is 4.90 Å². The van der Waals surface area contributed by atoms with E-state index in [1.54, 1.807) is 29.3 Å². The van der Waals surface area contributed by atoms with E-state index in [0.29, 0.717) is 23.6 Å². The lowest BCUT2D eigenvalue weighted by Crippen LogP contribution is -2.37. The molecule has 7 nitrogen and oxygen atoms in total. The van der Waals surface area contributed by atoms with Crippen LogP contribution >= 0.6 is 11.6 Å². The van der Waals surface area contributed by atoms with Crippen LogP contribution in [0.1, 0.15) is 24.9 Å². The maximum absolute atomic E-state index is 13.9. The number of hydrogen-bond donors (Lipinski definition) is 0. The number of carbonyl (C=O) groups excluding carboxylic acids is 2. The van der Waals surface area contributed by atoms with Crippen molar-refractivity contribution < 1.29 is 19.2 Å². The number of anilines is 2. The maximum Gasteiger partial charge on any atom is 0.266 e. The summed E-state index contributed by atoms with van der Waals surface area (Å²) in [4.78, 5) is 39.5. The summed E-state index contributed by atoms with van der Waals surface area (Å²) in [6, 6.07) is 25.3. The number of hydrogen-bond acceptors (Lipinski definition) is 6. The predicted molar refractivity (Wildman–Crippen MR) is 141 cm³/mol. The van der Waals surface area contributed by atoms with Gasteiger partial charge in [-0.3, -0.25) is 14.4 Å². The molecule has 0 aliphatic carbocycles. The van der Waals surface area contributed by atoms with Crippen LogP contribution in [0.3, 0.4) is 0 Å². The van der Waals surface area contributed by atoms with Gasteiger partial charge < -0.3 is 4.74 Å². The molecule has 2 aliphatic rings. The quantitative estimate of drug-likeness (QED) is 0.242. The number of nitrogens with zero attached hydrogens (tertiary/aromatic N) is 3. The molecule has 6 rings (SSSR count). The minimum atomic E-state index is -0.990. The number of para-hydroxylation sites is 2. The molecule has 2 saturated heterocycles. The zero-order valence-corrected chi connectivity index (χ0v) is 20.8. The van der Waals surface area contributed by atoms with E-state index in [-0.39, 0.29) is 11.1 Å². The molecule has 2 aliphatic heterocycles. The van der Waals surface area contributed by atoms with Crippen molar-refractivity contribution in [2.75, 3.05) is 16.6 Å². The highest BCUT2D eigenvalue weighted by molar-refractivity contribution is 6.31. The summed E-state index contributed by atoms with van der Waals surface area (Å²) in [6.07, 6.45) is -0.104. The Morgan fingerprint density at radius 1 is 0.919 bits per heavy atom. The van der Waals surface area contributed by atoms with E-state index in [0.717, 1.165) is 23.0 Å². The van der Waals surface area contributed by atoms with Crippen LogP contribution in [0.2, 0.25) is 5.15 Å². The van der Waals surface area contributed by atoms with Gasteiger partial charge in [0, 0.05) is 10.9 Å². The van der Waals surface area contributed by atoms with Gasteiger partial charge in [0.15, 0.2) is 6.10 Å². The smallest absolute Gasteiger partial charge is 0.266 e. The first kappa shape index (κ1) is 23.5. The van der Waals surface area contributed by atoms with Gasteiger partial charge in [-0.05, 0) is 55.0 Å². The zero-order chi connectivity index (χ0) is 25.5. The van der Waals surface area contributed by atoms with E-state index in [2.05, 4.69) is 4.98 Å². The van der Waals surface area contributed by atoms with Crippen molar-refractivity contribution >= 4 is 45.7 Å². The Balaban J connectivity index is 1.42. The summed E-state index contributed by atoms with van der Waals surface area (Å²) < 4.78 is 5.65. The normalized spacial score (nSPS) is 21.1. The number of halogens is 1. The fourth-order valence-corrected chi connectivity index (χ4v) is 5.27. The molecule has 0 N–H and O–H groups in total.